The van der Waals surface area contributed by atoms with Gasteiger partial charge in [-0.1, -0.05) is 34.1 Å². The molecule has 0 radical (unpaired) electrons. The number of hydrogen-bond acceptors (Lipinski definition) is 2. The quantitative estimate of drug-likeness (QED) is 0.786. The molecule has 2 nitrogen and oxygen atoms in total. The van der Waals surface area contributed by atoms with Crippen molar-refractivity contribution in [3.63, 3.8) is 0 Å². The molecule has 0 heterocycles. The van der Waals surface area contributed by atoms with Crippen LogP contribution in [0.4, 0.5) is 0 Å². The normalized spacial score (nSPS) is 11.9. The minimum atomic E-state index is -0.0848. The van der Waals surface area contributed by atoms with Crippen LogP contribution in [0.25, 0.3) is 0 Å². The van der Waals surface area contributed by atoms with E-state index in [-0.39, 0.29) is 16.9 Å². The molecule has 0 aliphatic rings. The number of rotatable bonds is 5. The smallest absolute Gasteiger partial charge is 0.163 e. The van der Waals surface area contributed by atoms with Crippen molar-refractivity contribution in [3.8, 4) is 5.75 Å². The first-order chi connectivity index (χ1) is 8.65. The van der Waals surface area contributed by atoms with Gasteiger partial charge in [-0.2, -0.15) is 0 Å². The zero-order chi connectivity index (χ0) is 14.8. The molecule has 0 bridgehead atoms. The van der Waals surface area contributed by atoms with Gasteiger partial charge in [0.15, 0.2) is 5.78 Å². The summed E-state index contributed by atoms with van der Waals surface area (Å²) < 4.78 is 0. The van der Waals surface area contributed by atoms with E-state index in [9.17, 15) is 9.90 Å². The predicted octanol–water partition coefficient (Wildman–Crippen LogP) is 4.62. The van der Waals surface area contributed by atoms with Crippen LogP contribution in [-0.2, 0) is 5.41 Å². The van der Waals surface area contributed by atoms with E-state index in [1.165, 1.54) is 6.92 Å². The van der Waals surface area contributed by atoms with E-state index in [1.54, 1.807) is 6.07 Å². The van der Waals surface area contributed by atoms with E-state index < -0.39 is 0 Å². The fraction of sp³-hybridized carbons (Fsp3) is 0.588. The fourth-order valence-electron chi connectivity index (χ4n) is 2.49. The van der Waals surface area contributed by atoms with Gasteiger partial charge in [0.25, 0.3) is 0 Å². The van der Waals surface area contributed by atoms with E-state index in [4.69, 9.17) is 0 Å². The van der Waals surface area contributed by atoms with Crippen LogP contribution in [-0.4, -0.2) is 10.9 Å². The molecule has 0 aliphatic carbocycles. The van der Waals surface area contributed by atoms with Crippen LogP contribution >= 0.6 is 0 Å². The van der Waals surface area contributed by atoms with E-state index in [1.807, 2.05) is 13.0 Å². The number of phenols is 1. The molecule has 0 aromatic heterocycles. The molecule has 1 aromatic carbocycles. The molecule has 0 unspecified atom stereocenters. The molecule has 0 fully saturated rings. The second-order valence-corrected chi connectivity index (χ2v) is 6.56. The first-order valence-electron chi connectivity index (χ1n) is 7.00. The zero-order valence-electron chi connectivity index (χ0n) is 13.0. The van der Waals surface area contributed by atoms with Gasteiger partial charge in [0.2, 0.25) is 0 Å². The molecule has 1 rings (SSSR count). The average Bonchev–Trinajstić information content (AvgIpc) is 2.25. The first-order valence-corrected chi connectivity index (χ1v) is 7.00. The molecule has 0 atom stereocenters. The largest absolute Gasteiger partial charge is 0.507 e. The van der Waals surface area contributed by atoms with E-state index in [0.29, 0.717) is 11.5 Å². The van der Waals surface area contributed by atoms with Gasteiger partial charge in [-0.25, -0.2) is 0 Å². The Hall–Kier alpha value is -1.31. The maximum atomic E-state index is 11.6. The molecule has 2 heteroatoms. The van der Waals surface area contributed by atoms with Crippen LogP contribution < -0.4 is 0 Å². The third kappa shape index (κ3) is 3.82. The number of carbonyl (C=O) groups excluding carboxylic acids is 1. The Balaban J connectivity index is 3.18. The van der Waals surface area contributed by atoms with Gasteiger partial charge in [-0.15, -0.1) is 0 Å². The van der Waals surface area contributed by atoms with E-state index in [2.05, 4.69) is 27.7 Å². The fourth-order valence-corrected chi connectivity index (χ4v) is 2.49. The second-order valence-electron chi connectivity index (χ2n) is 6.56. The summed E-state index contributed by atoms with van der Waals surface area (Å²) in [4.78, 5) is 11.6. The van der Waals surface area contributed by atoms with Crippen LogP contribution in [0.3, 0.4) is 0 Å². The second kappa shape index (κ2) is 5.77. The minimum absolute atomic E-state index is 0.0201. The highest BCUT2D eigenvalue weighted by atomic mass is 16.3. The molecule has 0 spiro atoms. The minimum Gasteiger partial charge on any atom is -0.507 e. The van der Waals surface area contributed by atoms with Gasteiger partial charge in [0.1, 0.15) is 5.75 Å². The van der Waals surface area contributed by atoms with Gasteiger partial charge < -0.3 is 5.11 Å². The highest BCUT2D eigenvalue weighted by Gasteiger charge is 2.24. The average molecular weight is 262 g/mol. The van der Waals surface area contributed by atoms with Gasteiger partial charge in [0.05, 0.1) is 5.56 Å². The molecule has 1 aromatic rings. The Morgan fingerprint density at radius 2 is 1.89 bits per heavy atom. The lowest BCUT2D eigenvalue weighted by Gasteiger charge is -2.28. The molecule has 0 saturated carbocycles. The molecule has 1 N–H and O–H groups in total. The van der Waals surface area contributed by atoms with E-state index in [0.717, 1.165) is 24.0 Å². The number of carbonyl (C=O) groups is 1. The Bertz CT molecular complexity index is 470. The van der Waals surface area contributed by atoms with Crippen molar-refractivity contribution >= 4 is 5.78 Å². The first kappa shape index (κ1) is 15.7. The van der Waals surface area contributed by atoms with Crippen molar-refractivity contribution < 1.29 is 9.90 Å². The van der Waals surface area contributed by atoms with Gasteiger partial charge in [-0.3, -0.25) is 4.79 Å². The van der Waals surface area contributed by atoms with Gasteiger partial charge in [0, 0.05) is 0 Å². The number of Topliss-reactive ketones (excluding diaryl/α,β-unsaturated/α-hetero) is 1. The number of benzene rings is 1. The third-order valence-corrected chi connectivity index (χ3v) is 3.80. The number of aryl methyl sites for hydroxylation is 1. The van der Waals surface area contributed by atoms with Crippen molar-refractivity contribution in [2.75, 3.05) is 0 Å². The lowest BCUT2D eigenvalue weighted by molar-refractivity contribution is 0.101. The molecule has 0 aliphatic heterocycles. The third-order valence-electron chi connectivity index (χ3n) is 3.80. The summed E-state index contributed by atoms with van der Waals surface area (Å²) >= 11 is 0. The summed E-state index contributed by atoms with van der Waals surface area (Å²) in [7, 11) is 0. The topological polar surface area (TPSA) is 37.3 Å². The van der Waals surface area contributed by atoms with Crippen molar-refractivity contribution in [3.05, 3.63) is 28.8 Å². The molecule has 19 heavy (non-hydrogen) atoms. The van der Waals surface area contributed by atoms with Crippen molar-refractivity contribution in [2.45, 2.75) is 59.8 Å². The maximum absolute atomic E-state index is 11.6. The van der Waals surface area contributed by atoms with Crippen molar-refractivity contribution in [1.82, 2.24) is 0 Å². The van der Waals surface area contributed by atoms with Gasteiger partial charge >= 0.3 is 0 Å². The molecule has 0 saturated heterocycles. The van der Waals surface area contributed by atoms with E-state index >= 15 is 0 Å². The summed E-state index contributed by atoms with van der Waals surface area (Å²) in [6.07, 6.45) is 2.23. The lowest BCUT2D eigenvalue weighted by Crippen LogP contribution is -2.20. The summed E-state index contributed by atoms with van der Waals surface area (Å²) in [6, 6.07) is 3.58. The van der Waals surface area contributed by atoms with Crippen molar-refractivity contribution in [1.29, 1.82) is 0 Å². The zero-order valence-corrected chi connectivity index (χ0v) is 13.0. The summed E-state index contributed by atoms with van der Waals surface area (Å²) in [6.45, 7) is 12.4. The predicted molar refractivity (Wildman–Crippen MR) is 79.9 cm³/mol. The summed E-state index contributed by atoms with van der Waals surface area (Å²) in [5, 5.41) is 9.85. The molecule has 0 amide bonds. The Morgan fingerprint density at radius 1 is 1.32 bits per heavy atom. The Labute approximate surface area is 116 Å². The monoisotopic (exact) mass is 262 g/mol. The maximum Gasteiger partial charge on any atom is 0.163 e. The van der Waals surface area contributed by atoms with Gasteiger partial charge in [-0.05, 0) is 54.9 Å². The van der Waals surface area contributed by atoms with Crippen LogP contribution in [0.2, 0.25) is 0 Å². The summed E-state index contributed by atoms with van der Waals surface area (Å²) in [5.74, 6) is 0.677. The molecule has 106 valence electrons. The highest BCUT2D eigenvalue weighted by molar-refractivity contribution is 5.97. The Morgan fingerprint density at radius 3 is 2.37 bits per heavy atom. The Kier molecular flexibility index (Phi) is 4.78. The number of aromatic hydroxyl groups is 1. The molecular weight excluding hydrogens is 236 g/mol. The number of hydrogen-bond donors (Lipinski definition) is 1. The number of phenolic OH excluding ortho intramolecular Hbond substituents is 1. The SMILES string of the molecule is CC(=O)c1cc(C(C)(C)CCC(C)C)c(C)cc1O. The van der Waals surface area contributed by atoms with Crippen LogP contribution in [0.1, 0.15) is 68.9 Å². The van der Waals surface area contributed by atoms with Crippen molar-refractivity contribution in [2.24, 2.45) is 5.92 Å². The standard InChI is InChI=1S/C17H26O2/c1-11(2)7-8-17(5,6)15-10-14(13(4)18)16(19)9-12(15)3/h9-11,19H,7-8H2,1-6H3. The van der Waals surface area contributed by atoms with Crippen LogP contribution in [0, 0.1) is 12.8 Å². The molecular formula is C17H26O2. The highest BCUT2D eigenvalue weighted by Crippen LogP contribution is 2.35. The lowest BCUT2D eigenvalue weighted by atomic mass is 9.76. The van der Waals surface area contributed by atoms with Crippen LogP contribution in [0.15, 0.2) is 12.1 Å². The van der Waals surface area contributed by atoms with Crippen LogP contribution in [0.5, 0.6) is 5.75 Å². The number of ketones is 1. The summed E-state index contributed by atoms with van der Waals surface area (Å²) in [5.41, 5.74) is 2.66.